The van der Waals surface area contributed by atoms with Crippen molar-refractivity contribution < 1.29 is 9.90 Å². The van der Waals surface area contributed by atoms with Gasteiger partial charge in [-0.1, -0.05) is 42.5 Å². The van der Waals surface area contributed by atoms with Crippen LogP contribution in [-0.4, -0.2) is 40.6 Å². The van der Waals surface area contributed by atoms with E-state index in [-0.39, 0.29) is 23.5 Å². The fourth-order valence-corrected chi connectivity index (χ4v) is 1.93. The summed E-state index contributed by atoms with van der Waals surface area (Å²) in [5.74, 6) is -0.686. The highest BCUT2D eigenvalue weighted by atomic mass is 32.1. The standard InChI is InChI=1S/C14H20N2O2S/c1-10(9-17)16(2)14(18)12(13(15)19)8-11-6-4-3-5-7-11/h3-7,10,12,17H,8-9H2,1-2H3,(H2,15,19). The second-order valence-electron chi connectivity index (χ2n) is 4.63. The van der Waals surface area contributed by atoms with Crippen LogP contribution in [0, 0.1) is 5.92 Å². The minimum atomic E-state index is -0.531. The SMILES string of the molecule is CC(CO)N(C)C(=O)C(Cc1ccccc1)C(N)=S. The molecule has 0 aromatic heterocycles. The van der Waals surface area contributed by atoms with Crippen molar-refractivity contribution in [1.29, 1.82) is 0 Å². The first-order valence-corrected chi connectivity index (χ1v) is 6.59. The van der Waals surface area contributed by atoms with Gasteiger partial charge in [-0.25, -0.2) is 0 Å². The monoisotopic (exact) mass is 280 g/mol. The van der Waals surface area contributed by atoms with Crippen LogP contribution in [0.5, 0.6) is 0 Å². The number of likely N-dealkylation sites (N-methyl/N-ethyl adjacent to an activating group) is 1. The van der Waals surface area contributed by atoms with Gasteiger partial charge < -0.3 is 15.7 Å². The van der Waals surface area contributed by atoms with Crippen molar-refractivity contribution in [2.75, 3.05) is 13.7 Å². The number of aliphatic hydroxyl groups is 1. The van der Waals surface area contributed by atoms with Crippen molar-refractivity contribution in [1.82, 2.24) is 4.90 Å². The highest BCUT2D eigenvalue weighted by Gasteiger charge is 2.27. The molecule has 0 heterocycles. The van der Waals surface area contributed by atoms with Crippen molar-refractivity contribution in [3.05, 3.63) is 35.9 Å². The molecule has 1 amide bonds. The van der Waals surface area contributed by atoms with Crippen LogP contribution in [0.3, 0.4) is 0 Å². The summed E-state index contributed by atoms with van der Waals surface area (Å²) in [6, 6.07) is 9.37. The number of rotatable bonds is 6. The predicted molar refractivity (Wildman–Crippen MR) is 79.7 cm³/mol. The molecule has 2 unspecified atom stereocenters. The Bertz CT molecular complexity index is 436. The predicted octanol–water partition coefficient (Wildman–Crippen LogP) is 0.971. The van der Waals surface area contributed by atoms with Gasteiger partial charge in [-0.3, -0.25) is 4.79 Å². The molecule has 1 aromatic carbocycles. The quantitative estimate of drug-likeness (QED) is 0.762. The lowest BCUT2D eigenvalue weighted by molar-refractivity contribution is -0.134. The number of hydrogen-bond donors (Lipinski definition) is 2. The van der Waals surface area contributed by atoms with Gasteiger partial charge in [0.2, 0.25) is 5.91 Å². The van der Waals surface area contributed by atoms with Gasteiger partial charge in [0.15, 0.2) is 0 Å². The molecule has 0 radical (unpaired) electrons. The Kier molecular flexibility index (Phi) is 5.92. The average molecular weight is 280 g/mol. The molecule has 1 aromatic rings. The van der Waals surface area contributed by atoms with Gasteiger partial charge in [0.05, 0.1) is 23.6 Å². The third-order valence-corrected chi connectivity index (χ3v) is 3.48. The summed E-state index contributed by atoms with van der Waals surface area (Å²) < 4.78 is 0. The van der Waals surface area contributed by atoms with Crippen molar-refractivity contribution in [3.8, 4) is 0 Å². The molecule has 19 heavy (non-hydrogen) atoms. The van der Waals surface area contributed by atoms with Gasteiger partial charge in [0, 0.05) is 7.05 Å². The zero-order valence-electron chi connectivity index (χ0n) is 11.2. The maximum Gasteiger partial charge on any atom is 0.232 e. The van der Waals surface area contributed by atoms with Crippen molar-refractivity contribution >= 4 is 23.1 Å². The number of carbonyl (C=O) groups is 1. The van der Waals surface area contributed by atoms with Crippen molar-refractivity contribution in [2.45, 2.75) is 19.4 Å². The lowest BCUT2D eigenvalue weighted by Gasteiger charge is -2.27. The largest absolute Gasteiger partial charge is 0.394 e. The maximum absolute atomic E-state index is 12.3. The Balaban J connectivity index is 2.84. The summed E-state index contributed by atoms with van der Waals surface area (Å²) in [5.41, 5.74) is 6.70. The second kappa shape index (κ2) is 7.21. The van der Waals surface area contributed by atoms with Gasteiger partial charge in [-0.2, -0.15) is 0 Å². The van der Waals surface area contributed by atoms with E-state index in [1.165, 1.54) is 4.90 Å². The van der Waals surface area contributed by atoms with Crippen LogP contribution in [0.4, 0.5) is 0 Å². The number of nitrogens with two attached hydrogens (primary N) is 1. The average Bonchev–Trinajstić information content (AvgIpc) is 2.43. The summed E-state index contributed by atoms with van der Waals surface area (Å²) in [4.78, 5) is 14.0. The third kappa shape index (κ3) is 4.29. The van der Waals surface area contributed by atoms with Crippen molar-refractivity contribution in [2.24, 2.45) is 11.7 Å². The molecule has 4 nitrogen and oxygen atoms in total. The van der Waals surface area contributed by atoms with Gasteiger partial charge >= 0.3 is 0 Å². The minimum Gasteiger partial charge on any atom is -0.394 e. The van der Waals surface area contributed by atoms with Gasteiger partial charge in [-0.05, 0) is 18.9 Å². The summed E-state index contributed by atoms with van der Waals surface area (Å²) in [6.45, 7) is 1.69. The fourth-order valence-electron chi connectivity index (χ4n) is 1.74. The van der Waals surface area contributed by atoms with E-state index in [2.05, 4.69) is 0 Å². The molecule has 0 saturated carbocycles. The van der Waals surface area contributed by atoms with Crippen LogP contribution in [-0.2, 0) is 11.2 Å². The number of hydrogen-bond acceptors (Lipinski definition) is 3. The van der Waals surface area contributed by atoms with Crippen LogP contribution >= 0.6 is 12.2 Å². The molecule has 0 fully saturated rings. The Hall–Kier alpha value is -1.46. The molecule has 1 rings (SSSR count). The van der Waals surface area contributed by atoms with E-state index in [9.17, 15) is 4.79 Å². The number of carbonyl (C=O) groups excluding carboxylic acids is 1. The second-order valence-corrected chi connectivity index (χ2v) is 5.10. The number of amides is 1. The highest BCUT2D eigenvalue weighted by molar-refractivity contribution is 7.80. The number of aliphatic hydroxyl groups excluding tert-OH is 1. The van der Waals surface area contributed by atoms with Crippen LogP contribution in [0.2, 0.25) is 0 Å². The molecule has 0 spiro atoms. The van der Waals surface area contributed by atoms with Gasteiger partial charge in [-0.15, -0.1) is 0 Å². The third-order valence-electron chi connectivity index (χ3n) is 3.20. The molecule has 0 aliphatic carbocycles. The summed E-state index contributed by atoms with van der Waals surface area (Å²) in [7, 11) is 1.65. The summed E-state index contributed by atoms with van der Waals surface area (Å²) in [5, 5.41) is 9.11. The topological polar surface area (TPSA) is 66.6 Å². The first kappa shape index (κ1) is 15.6. The van der Waals surface area contributed by atoms with Crippen LogP contribution < -0.4 is 5.73 Å². The smallest absolute Gasteiger partial charge is 0.232 e. The van der Waals surface area contributed by atoms with E-state index in [1.54, 1.807) is 14.0 Å². The highest BCUT2D eigenvalue weighted by Crippen LogP contribution is 2.13. The fraction of sp³-hybridized carbons (Fsp3) is 0.429. The van der Waals surface area contributed by atoms with E-state index in [0.717, 1.165) is 5.56 Å². The summed E-state index contributed by atoms with van der Waals surface area (Å²) in [6.07, 6.45) is 0.484. The Morgan fingerprint density at radius 1 is 1.42 bits per heavy atom. The molecular formula is C14H20N2O2S. The molecule has 2 atom stereocenters. The van der Waals surface area contributed by atoms with Gasteiger partial charge in [0.25, 0.3) is 0 Å². The molecule has 3 N–H and O–H groups in total. The molecule has 0 saturated heterocycles. The first-order chi connectivity index (χ1) is 8.97. The van der Waals surface area contributed by atoms with E-state index >= 15 is 0 Å². The van der Waals surface area contributed by atoms with E-state index in [1.807, 2.05) is 30.3 Å². The van der Waals surface area contributed by atoms with E-state index < -0.39 is 5.92 Å². The molecular weight excluding hydrogens is 260 g/mol. The Morgan fingerprint density at radius 2 is 2.00 bits per heavy atom. The molecule has 0 bridgehead atoms. The van der Waals surface area contributed by atoms with Crippen LogP contribution in [0.15, 0.2) is 30.3 Å². The first-order valence-electron chi connectivity index (χ1n) is 6.18. The lowest BCUT2D eigenvalue weighted by Crippen LogP contribution is -2.45. The molecule has 5 heteroatoms. The molecule has 0 aliphatic heterocycles. The zero-order valence-corrected chi connectivity index (χ0v) is 12.1. The Labute approximate surface area is 119 Å². The number of nitrogens with zero attached hydrogens (tertiary/aromatic N) is 1. The maximum atomic E-state index is 12.3. The minimum absolute atomic E-state index is 0.0857. The van der Waals surface area contributed by atoms with Gasteiger partial charge in [0.1, 0.15) is 0 Å². The van der Waals surface area contributed by atoms with Crippen molar-refractivity contribution in [3.63, 3.8) is 0 Å². The molecule has 0 aliphatic rings. The van der Waals surface area contributed by atoms with Crippen LogP contribution in [0.25, 0.3) is 0 Å². The summed E-state index contributed by atoms with van der Waals surface area (Å²) >= 11 is 5.00. The number of benzene rings is 1. The lowest BCUT2D eigenvalue weighted by atomic mass is 9.97. The zero-order chi connectivity index (χ0) is 14.4. The van der Waals surface area contributed by atoms with Crippen LogP contribution in [0.1, 0.15) is 12.5 Å². The Morgan fingerprint density at radius 3 is 2.47 bits per heavy atom. The van der Waals surface area contributed by atoms with E-state index in [0.29, 0.717) is 6.42 Å². The molecule has 104 valence electrons. The van der Waals surface area contributed by atoms with E-state index in [4.69, 9.17) is 23.1 Å². The number of thiocarbonyl (C=S) groups is 1. The normalized spacial score (nSPS) is 13.6.